The van der Waals surface area contributed by atoms with Gasteiger partial charge < -0.3 is 4.74 Å². The van der Waals surface area contributed by atoms with Gasteiger partial charge in [0.2, 0.25) is 0 Å². The summed E-state index contributed by atoms with van der Waals surface area (Å²) >= 11 is 5.82. The molecule has 0 heterocycles. The number of ether oxygens (including phenoxy) is 1. The Labute approximate surface area is 180 Å². The van der Waals surface area contributed by atoms with Gasteiger partial charge in [-0.05, 0) is 61.5 Å². The number of hydrogen-bond donors (Lipinski definition) is 2. The van der Waals surface area contributed by atoms with Crippen LogP contribution < -0.4 is 14.2 Å². The third-order valence-corrected chi connectivity index (χ3v) is 7.17. The molecule has 0 saturated carbocycles. The molecule has 0 fully saturated rings. The number of aryl methyl sites for hydroxylation is 1. The summed E-state index contributed by atoms with van der Waals surface area (Å²) in [5, 5.41) is 0.468. The van der Waals surface area contributed by atoms with Crippen LogP contribution in [0.3, 0.4) is 0 Å². The molecule has 0 spiro atoms. The Morgan fingerprint density at radius 2 is 1.33 bits per heavy atom. The van der Waals surface area contributed by atoms with Gasteiger partial charge in [-0.15, -0.1) is 0 Å². The lowest BCUT2D eigenvalue weighted by Gasteiger charge is -2.14. The van der Waals surface area contributed by atoms with Crippen LogP contribution >= 0.6 is 11.6 Å². The second kappa shape index (κ2) is 8.55. The maximum atomic E-state index is 12.7. The summed E-state index contributed by atoms with van der Waals surface area (Å²) in [4.78, 5) is -0.0949. The predicted octanol–water partition coefficient (Wildman–Crippen LogP) is 4.26. The molecule has 0 bridgehead atoms. The third kappa shape index (κ3) is 5.05. The van der Waals surface area contributed by atoms with Crippen molar-refractivity contribution in [3.8, 4) is 5.75 Å². The summed E-state index contributed by atoms with van der Waals surface area (Å²) in [5.41, 5.74) is 1.22. The number of hydrogen-bond acceptors (Lipinski definition) is 5. The summed E-state index contributed by atoms with van der Waals surface area (Å²) in [5.74, 6) is 0.177. The highest BCUT2D eigenvalue weighted by Gasteiger charge is 2.21. The molecule has 0 aromatic heterocycles. The molecule has 3 aromatic carbocycles. The van der Waals surface area contributed by atoms with E-state index in [4.69, 9.17) is 16.3 Å². The lowest BCUT2D eigenvalue weighted by atomic mass is 10.2. The fourth-order valence-corrected chi connectivity index (χ4v) is 4.86. The van der Waals surface area contributed by atoms with Crippen LogP contribution in [0.1, 0.15) is 5.56 Å². The maximum Gasteiger partial charge on any atom is 0.262 e. The normalized spacial score (nSPS) is 11.7. The molecule has 0 saturated heterocycles. The molecular formula is C20H19ClN2O5S2. The van der Waals surface area contributed by atoms with E-state index in [-0.39, 0.29) is 21.2 Å². The topological polar surface area (TPSA) is 102 Å². The average molecular weight is 467 g/mol. The molecular weight excluding hydrogens is 448 g/mol. The van der Waals surface area contributed by atoms with E-state index in [1.54, 1.807) is 24.3 Å². The van der Waals surface area contributed by atoms with E-state index in [0.29, 0.717) is 10.7 Å². The lowest BCUT2D eigenvalue weighted by molar-refractivity contribution is 0.416. The first-order chi connectivity index (χ1) is 14.1. The molecule has 30 heavy (non-hydrogen) atoms. The fraction of sp³-hybridized carbons (Fsp3) is 0.100. The fourth-order valence-electron chi connectivity index (χ4n) is 2.59. The molecule has 2 N–H and O–H groups in total. The minimum Gasteiger partial charge on any atom is -0.495 e. The zero-order chi connectivity index (χ0) is 21.9. The van der Waals surface area contributed by atoms with Gasteiger partial charge in [0.15, 0.2) is 0 Å². The smallest absolute Gasteiger partial charge is 0.262 e. The van der Waals surface area contributed by atoms with E-state index < -0.39 is 20.0 Å². The molecule has 3 rings (SSSR count). The number of halogens is 1. The zero-order valence-electron chi connectivity index (χ0n) is 16.1. The quantitative estimate of drug-likeness (QED) is 0.541. The minimum absolute atomic E-state index is 0.00273. The number of sulfonamides is 2. The summed E-state index contributed by atoms with van der Waals surface area (Å²) in [6, 6.07) is 16.3. The van der Waals surface area contributed by atoms with Crippen molar-refractivity contribution in [2.75, 3.05) is 16.6 Å². The van der Waals surface area contributed by atoms with Crippen LogP contribution in [0, 0.1) is 6.92 Å². The molecule has 158 valence electrons. The van der Waals surface area contributed by atoms with Crippen LogP contribution in [0.25, 0.3) is 0 Å². The standard InChI is InChI=1S/C20H19ClN2O5S2/c1-14-3-9-17(10-4-14)29(24,25)23-19-13-18(11-12-20(19)28-2)30(26,27)22-16-7-5-15(21)6-8-16/h3-13,22-23H,1-2H3. The number of anilines is 2. The van der Waals surface area contributed by atoms with E-state index in [0.717, 1.165) is 5.56 Å². The van der Waals surface area contributed by atoms with E-state index in [2.05, 4.69) is 9.44 Å². The van der Waals surface area contributed by atoms with Crippen molar-refractivity contribution >= 4 is 43.0 Å². The molecule has 10 heteroatoms. The highest BCUT2D eigenvalue weighted by molar-refractivity contribution is 7.93. The highest BCUT2D eigenvalue weighted by atomic mass is 35.5. The number of rotatable bonds is 7. The van der Waals surface area contributed by atoms with Gasteiger partial charge in [-0.25, -0.2) is 16.8 Å². The van der Waals surface area contributed by atoms with Crippen molar-refractivity contribution in [3.63, 3.8) is 0 Å². The maximum absolute atomic E-state index is 12.7. The Morgan fingerprint density at radius 3 is 1.93 bits per heavy atom. The number of nitrogens with one attached hydrogen (secondary N) is 2. The van der Waals surface area contributed by atoms with Gasteiger partial charge in [0.1, 0.15) is 5.75 Å². The Kier molecular flexibility index (Phi) is 6.25. The van der Waals surface area contributed by atoms with Crippen LogP contribution in [0.5, 0.6) is 5.75 Å². The Bertz CT molecular complexity index is 1260. The van der Waals surface area contributed by atoms with E-state index in [1.807, 2.05) is 6.92 Å². The summed E-state index contributed by atoms with van der Waals surface area (Å²) in [6.45, 7) is 1.84. The van der Waals surface area contributed by atoms with Crippen LogP contribution in [-0.4, -0.2) is 23.9 Å². The van der Waals surface area contributed by atoms with Crippen LogP contribution in [0.4, 0.5) is 11.4 Å². The average Bonchev–Trinajstić information content (AvgIpc) is 2.69. The van der Waals surface area contributed by atoms with Gasteiger partial charge in [-0.2, -0.15) is 0 Å². The summed E-state index contributed by atoms with van der Waals surface area (Å²) < 4.78 is 60.9. The SMILES string of the molecule is COc1ccc(S(=O)(=O)Nc2ccc(Cl)cc2)cc1NS(=O)(=O)c1ccc(C)cc1. The van der Waals surface area contributed by atoms with Gasteiger partial charge >= 0.3 is 0 Å². The van der Waals surface area contributed by atoms with Crippen LogP contribution in [0.2, 0.25) is 5.02 Å². The van der Waals surface area contributed by atoms with E-state index in [1.165, 1.54) is 49.6 Å². The molecule has 0 aliphatic rings. The van der Waals surface area contributed by atoms with E-state index >= 15 is 0 Å². The third-order valence-electron chi connectivity index (χ3n) is 4.15. The number of methoxy groups -OCH3 is 1. The van der Waals surface area contributed by atoms with Crippen molar-refractivity contribution in [2.45, 2.75) is 16.7 Å². The van der Waals surface area contributed by atoms with Crippen molar-refractivity contribution in [2.24, 2.45) is 0 Å². The second-order valence-corrected chi connectivity index (χ2v) is 10.2. The molecule has 0 radical (unpaired) electrons. The first-order valence-electron chi connectivity index (χ1n) is 8.67. The molecule has 3 aromatic rings. The molecule has 7 nitrogen and oxygen atoms in total. The Morgan fingerprint density at radius 1 is 0.767 bits per heavy atom. The largest absolute Gasteiger partial charge is 0.495 e. The monoisotopic (exact) mass is 466 g/mol. The van der Waals surface area contributed by atoms with E-state index in [9.17, 15) is 16.8 Å². The Balaban J connectivity index is 1.95. The van der Waals surface area contributed by atoms with Crippen molar-refractivity contribution in [1.29, 1.82) is 0 Å². The lowest BCUT2D eigenvalue weighted by Crippen LogP contribution is -2.16. The van der Waals surface area contributed by atoms with Gasteiger partial charge in [-0.1, -0.05) is 29.3 Å². The highest BCUT2D eigenvalue weighted by Crippen LogP contribution is 2.30. The predicted molar refractivity (Wildman–Crippen MR) is 117 cm³/mol. The molecule has 0 aliphatic heterocycles. The van der Waals surface area contributed by atoms with Crippen molar-refractivity contribution < 1.29 is 21.6 Å². The van der Waals surface area contributed by atoms with Gasteiger partial charge in [-0.3, -0.25) is 9.44 Å². The summed E-state index contributed by atoms with van der Waals surface area (Å²) in [6.07, 6.45) is 0. The number of benzene rings is 3. The molecule has 0 amide bonds. The Hall–Kier alpha value is -2.75. The van der Waals surface area contributed by atoms with Crippen LogP contribution in [0.15, 0.2) is 76.5 Å². The first kappa shape index (κ1) is 21.9. The minimum atomic E-state index is -3.98. The zero-order valence-corrected chi connectivity index (χ0v) is 18.5. The van der Waals surface area contributed by atoms with Gasteiger partial charge in [0.25, 0.3) is 20.0 Å². The van der Waals surface area contributed by atoms with Gasteiger partial charge in [0, 0.05) is 10.7 Å². The molecule has 0 unspecified atom stereocenters. The van der Waals surface area contributed by atoms with Crippen molar-refractivity contribution in [3.05, 3.63) is 77.3 Å². The van der Waals surface area contributed by atoms with Crippen LogP contribution in [-0.2, 0) is 20.0 Å². The molecule has 0 atom stereocenters. The molecule has 0 aliphatic carbocycles. The summed E-state index contributed by atoms with van der Waals surface area (Å²) in [7, 11) is -6.57. The van der Waals surface area contributed by atoms with Gasteiger partial charge in [0.05, 0.1) is 22.6 Å². The first-order valence-corrected chi connectivity index (χ1v) is 12.0. The van der Waals surface area contributed by atoms with Crippen molar-refractivity contribution in [1.82, 2.24) is 0 Å². The second-order valence-electron chi connectivity index (χ2n) is 6.39.